The average molecular weight is 494 g/mol. The topological polar surface area (TPSA) is 86.8 Å². The predicted molar refractivity (Wildman–Crippen MR) is 131 cm³/mol. The van der Waals surface area contributed by atoms with Crippen LogP contribution in [0.3, 0.4) is 0 Å². The molecule has 1 aromatic carbocycles. The molecule has 0 spiro atoms. The van der Waals surface area contributed by atoms with Crippen LogP contribution in [0.25, 0.3) is 0 Å². The number of thioether (sulfide) groups is 1. The second kappa shape index (κ2) is 10.8. The minimum Gasteiger partial charge on any atom is -0.352 e. The van der Waals surface area contributed by atoms with Crippen LogP contribution in [0.15, 0.2) is 28.0 Å². The Morgan fingerprint density at radius 3 is 2.42 bits per heavy atom. The zero-order valence-electron chi connectivity index (χ0n) is 19.4. The number of nitrogens with zero attached hydrogens (tertiary/aromatic N) is 2. The van der Waals surface area contributed by atoms with Gasteiger partial charge in [0.1, 0.15) is 6.54 Å². The molecule has 4 rings (SSSR count). The van der Waals surface area contributed by atoms with E-state index in [1.165, 1.54) is 40.2 Å². The van der Waals surface area contributed by atoms with E-state index in [2.05, 4.69) is 12.2 Å². The maximum Gasteiger partial charge on any atom is 0.243 e. The number of benzene rings is 1. The number of carbonyl (C=O) groups excluding carboxylic acids is 2. The van der Waals surface area contributed by atoms with Gasteiger partial charge in [-0.25, -0.2) is 8.42 Å². The number of hydrogen-bond donors (Lipinski definition) is 1. The summed E-state index contributed by atoms with van der Waals surface area (Å²) in [4.78, 5) is 28.1. The van der Waals surface area contributed by atoms with Crippen LogP contribution in [0.2, 0.25) is 0 Å². The molecule has 2 fully saturated rings. The van der Waals surface area contributed by atoms with Crippen molar-refractivity contribution >= 4 is 39.3 Å². The molecular weight excluding hydrogens is 458 g/mol. The average Bonchev–Trinajstić information content (AvgIpc) is 2.77. The molecule has 0 unspecified atom stereocenters. The second-order valence-electron chi connectivity index (χ2n) is 9.59. The number of carbonyl (C=O) groups is 2. The number of sulfonamides is 1. The molecule has 1 N–H and O–H groups in total. The van der Waals surface area contributed by atoms with Gasteiger partial charge in [-0.3, -0.25) is 9.59 Å². The summed E-state index contributed by atoms with van der Waals surface area (Å²) >= 11 is 1.39. The van der Waals surface area contributed by atoms with Crippen molar-refractivity contribution in [3.63, 3.8) is 0 Å². The summed E-state index contributed by atoms with van der Waals surface area (Å²) in [5.41, 5.74) is 0.524. The van der Waals surface area contributed by atoms with Crippen molar-refractivity contribution in [1.82, 2.24) is 9.62 Å². The molecule has 33 heavy (non-hydrogen) atoms. The molecule has 0 atom stereocenters. The SMILES string of the molecule is CC1CCN(S(=O)(=O)c2ccc3c(c2)N(CC(=O)NC2CCCCCCC2)C(=O)CS3)CC1. The molecule has 7 nitrogen and oxygen atoms in total. The first kappa shape index (κ1) is 24.5. The first-order valence-electron chi connectivity index (χ1n) is 12.2. The number of amides is 2. The highest BCUT2D eigenvalue weighted by atomic mass is 32.2. The lowest BCUT2D eigenvalue weighted by Gasteiger charge is -2.32. The van der Waals surface area contributed by atoms with E-state index in [9.17, 15) is 18.0 Å². The van der Waals surface area contributed by atoms with Gasteiger partial charge in [0.2, 0.25) is 21.8 Å². The number of piperidine rings is 1. The summed E-state index contributed by atoms with van der Waals surface area (Å²) in [5, 5.41) is 3.12. The maximum absolute atomic E-state index is 13.2. The third-order valence-electron chi connectivity index (χ3n) is 7.03. The van der Waals surface area contributed by atoms with E-state index in [0.717, 1.165) is 43.4 Å². The van der Waals surface area contributed by atoms with E-state index < -0.39 is 10.0 Å². The molecule has 1 saturated heterocycles. The highest BCUT2D eigenvalue weighted by Crippen LogP contribution is 2.37. The van der Waals surface area contributed by atoms with Crippen LogP contribution in [0.5, 0.6) is 0 Å². The number of anilines is 1. The van der Waals surface area contributed by atoms with E-state index in [4.69, 9.17) is 0 Å². The van der Waals surface area contributed by atoms with Gasteiger partial charge in [0.15, 0.2) is 0 Å². The van der Waals surface area contributed by atoms with Crippen LogP contribution >= 0.6 is 11.8 Å². The van der Waals surface area contributed by atoms with E-state index in [1.54, 1.807) is 18.2 Å². The van der Waals surface area contributed by atoms with Crippen molar-refractivity contribution in [2.75, 3.05) is 30.3 Å². The lowest BCUT2D eigenvalue weighted by Crippen LogP contribution is -2.46. The van der Waals surface area contributed by atoms with Crippen molar-refractivity contribution < 1.29 is 18.0 Å². The Kier molecular flexibility index (Phi) is 8.02. The minimum atomic E-state index is -3.63. The number of hydrogen-bond acceptors (Lipinski definition) is 5. The Balaban J connectivity index is 1.50. The number of rotatable bonds is 5. The zero-order valence-corrected chi connectivity index (χ0v) is 21.1. The Morgan fingerprint density at radius 2 is 1.73 bits per heavy atom. The zero-order chi connectivity index (χ0) is 23.4. The van der Waals surface area contributed by atoms with Crippen LogP contribution < -0.4 is 10.2 Å². The molecule has 1 aromatic rings. The van der Waals surface area contributed by atoms with Gasteiger partial charge >= 0.3 is 0 Å². The van der Waals surface area contributed by atoms with Crippen molar-refractivity contribution in [2.45, 2.75) is 80.5 Å². The summed E-state index contributed by atoms with van der Waals surface area (Å²) in [7, 11) is -3.63. The summed E-state index contributed by atoms with van der Waals surface area (Å²) in [6.07, 6.45) is 9.56. The van der Waals surface area contributed by atoms with Gasteiger partial charge in [0.25, 0.3) is 0 Å². The first-order chi connectivity index (χ1) is 15.8. The fraction of sp³-hybridized carbons (Fsp3) is 0.667. The van der Waals surface area contributed by atoms with E-state index in [-0.39, 0.29) is 35.0 Å². The maximum atomic E-state index is 13.2. The van der Waals surface area contributed by atoms with Gasteiger partial charge in [-0.2, -0.15) is 4.31 Å². The van der Waals surface area contributed by atoms with Crippen molar-refractivity contribution in [2.24, 2.45) is 5.92 Å². The summed E-state index contributed by atoms with van der Waals surface area (Å²) in [5.74, 6) is 0.437. The normalized spacial score (nSPS) is 21.8. The van der Waals surface area contributed by atoms with Crippen LogP contribution in [-0.2, 0) is 19.6 Å². The van der Waals surface area contributed by atoms with Crippen LogP contribution in [0.4, 0.5) is 5.69 Å². The molecule has 2 amide bonds. The Morgan fingerprint density at radius 1 is 1.06 bits per heavy atom. The van der Waals surface area contributed by atoms with Gasteiger partial charge in [-0.15, -0.1) is 11.8 Å². The smallest absolute Gasteiger partial charge is 0.243 e. The minimum absolute atomic E-state index is 0.0758. The second-order valence-corrected chi connectivity index (χ2v) is 12.5. The fourth-order valence-electron chi connectivity index (χ4n) is 4.91. The van der Waals surface area contributed by atoms with Crippen LogP contribution in [0, 0.1) is 5.92 Å². The van der Waals surface area contributed by atoms with E-state index >= 15 is 0 Å². The van der Waals surface area contributed by atoms with Gasteiger partial charge < -0.3 is 10.2 Å². The molecule has 2 heterocycles. The Bertz CT molecular complexity index is 966. The molecular formula is C24H35N3O4S2. The van der Waals surface area contributed by atoms with E-state index in [1.807, 2.05) is 0 Å². The number of fused-ring (bicyclic) bond motifs is 1. The quantitative estimate of drug-likeness (QED) is 0.675. The molecule has 9 heteroatoms. The van der Waals surface area contributed by atoms with Crippen molar-refractivity contribution in [1.29, 1.82) is 0 Å². The summed E-state index contributed by atoms with van der Waals surface area (Å²) < 4.78 is 28.0. The Hall–Kier alpha value is -1.58. The van der Waals surface area contributed by atoms with Gasteiger partial charge in [-0.05, 0) is 49.8 Å². The molecule has 0 bridgehead atoms. The Labute approximate surface area is 201 Å². The highest BCUT2D eigenvalue weighted by molar-refractivity contribution is 8.00. The monoisotopic (exact) mass is 493 g/mol. The number of nitrogens with one attached hydrogen (secondary N) is 1. The van der Waals surface area contributed by atoms with Gasteiger partial charge in [0, 0.05) is 24.0 Å². The predicted octanol–water partition coefficient (Wildman–Crippen LogP) is 3.78. The fourth-order valence-corrected chi connectivity index (χ4v) is 7.31. The van der Waals surface area contributed by atoms with Crippen LogP contribution in [0.1, 0.15) is 64.7 Å². The molecule has 1 saturated carbocycles. The van der Waals surface area contributed by atoms with Gasteiger partial charge in [0.05, 0.1) is 16.3 Å². The summed E-state index contributed by atoms with van der Waals surface area (Å²) in [6.45, 7) is 3.10. The molecule has 0 aromatic heterocycles. The highest BCUT2D eigenvalue weighted by Gasteiger charge is 2.32. The molecule has 0 radical (unpaired) electrons. The molecule has 182 valence electrons. The van der Waals surface area contributed by atoms with Crippen molar-refractivity contribution in [3.8, 4) is 0 Å². The third kappa shape index (κ3) is 5.92. The standard InChI is InChI=1S/C24H35N3O4S2/c1-18-11-13-26(14-12-18)33(30,31)20-9-10-22-21(15-20)27(24(29)17-32-22)16-23(28)25-19-7-5-3-2-4-6-8-19/h9-10,15,18-19H,2-8,11-14,16-17H2,1H3,(H,25,28). The molecule has 1 aliphatic carbocycles. The third-order valence-corrected chi connectivity index (χ3v) is 9.97. The lowest BCUT2D eigenvalue weighted by molar-refractivity contribution is -0.123. The molecule has 2 aliphatic heterocycles. The largest absolute Gasteiger partial charge is 0.352 e. The summed E-state index contributed by atoms with van der Waals surface area (Å²) in [6, 6.07) is 5.13. The van der Waals surface area contributed by atoms with Crippen molar-refractivity contribution in [3.05, 3.63) is 18.2 Å². The first-order valence-corrected chi connectivity index (χ1v) is 14.6. The van der Waals surface area contributed by atoms with Crippen LogP contribution in [-0.4, -0.2) is 56.0 Å². The lowest BCUT2D eigenvalue weighted by atomic mass is 9.97. The molecule has 3 aliphatic rings. The van der Waals surface area contributed by atoms with Gasteiger partial charge in [-0.1, -0.05) is 39.0 Å². The van der Waals surface area contributed by atoms with E-state index in [0.29, 0.717) is 24.7 Å².